The highest BCUT2D eigenvalue weighted by molar-refractivity contribution is 6.48. The van der Waals surface area contributed by atoms with Gasteiger partial charge in [-0.2, -0.15) is 0 Å². The molecule has 2 bridgehead atoms. The van der Waals surface area contributed by atoms with Gasteiger partial charge < -0.3 is 35.3 Å². The Morgan fingerprint density at radius 3 is 2.35 bits per heavy atom. The molecular weight excluding hydrogens is 549 g/mol. The second kappa shape index (κ2) is 15.6. The van der Waals surface area contributed by atoms with Gasteiger partial charge in [0.1, 0.15) is 6.04 Å². The third-order valence-corrected chi connectivity index (χ3v) is 9.99. The van der Waals surface area contributed by atoms with Crippen molar-refractivity contribution in [1.82, 2.24) is 21.3 Å². The molecule has 43 heavy (non-hydrogen) atoms. The van der Waals surface area contributed by atoms with E-state index in [0.717, 1.165) is 32.1 Å². The first-order valence-electron chi connectivity index (χ1n) is 16.3. The summed E-state index contributed by atoms with van der Waals surface area (Å²) in [5.41, 5.74) is -0.133. The molecule has 4 rings (SSSR count). The zero-order valence-corrected chi connectivity index (χ0v) is 27.5. The quantitative estimate of drug-likeness (QED) is 0.0557. The largest absolute Gasteiger partial charge is 0.481 e. The predicted octanol–water partition coefficient (Wildman–Crippen LogP) is 3.31. The van der Waals surface area contributed by atoms with Gasteiger partial charge in [-0.3, -0.25) is 19.8 Å². The zero-order chi connectivity index (χ0) is 31.8. The van der Waals surface area contributed by atoms with Crippen molar-refractivity contribution in [1.29, 1.82) is 5.41 Å². The van der Waals surface area contributed by atoms with Gasteiger partial charge >= 0.3 is 13.1 Å². The van der Waals surface area contributed by atoms with Gasteiger partial charge in [0, 0.05) is 26.4 Å². The lowest BCUT2D eigenvalue weighted by Crippen LogP contribution is -2.65. The van der Waals surface area contributed by atoms with Gasteiger partial charge in [-0.15, -0.1) is 0 Å². The molecule has 0 unspecified atom stereocenters. The molecular formula is C31H56BN5O6. The number of nitrogens with one attached hydrogen (secondary N) is 5. The summed E-state index contributed by atoms with van der Waals surface area (Å²) in [6.07, 6.45) is 7.67. The molecule has 0 aromatic rings. The number of esters is 1. The summed E-state index contributed by atoms with van der Waals surface area (Å²) in [5.74, 6) is 0.629. The number of unbranched alkanes of at least 4 members (excludes halogenated alkanes) is 3. The molecule has 6 atom stereocenters. The van der Waals surface area contributed by atoms with Crippen molar-refractivity contribution in [3.63, 3.8) is 0 Å². The van der Waals surface area contributed by atoms with E-state index in [0.29, 0.717) is 62.8 Å². The molecule has 3 saturated carbocycles. The summed E-state index contributed by atoms with van der Waals surface area (Å²) >= 11 is 0. The first-order chi connectivity index (χ1) is 20.3. The number of guanidine groups is 1. The second-order valence-electron chi connectivity index (χ2n) is 13.9. The fraction of sp³-hybridized carbons (Fsp3) is 0.871. The van der Waals surface area contributed by atoms with E-state index in [9.17, 15) is 14.4 Å². The first kappa shape index (κ1) is 35.1. The maximum atomic E-state index is 13.7. The smallest absolute Gasteiger partial charge is 0.469 e. The number of carbonyl (C=O) groups is 3. The minimum Gasteiger partial charge on any atom is -0.469 e. The van der Waals surface area contributed by atoms with Crippen LogP contribution in [0.2, 0.25) is 0 Å². The molecule has 2 amide bonds. The Morgan fingerprint density at radius 1 is 1.02 bits per heavy atom. The molecule has 4 aliphatic rings. The fourth-order valence-electron chi connectivity index (χ4n) is 7.25. The molecule has 0 spiro atoms. The molecule has 0 radical (unpaired) electrons. The summed E-state index contributed by atoms with van der Waals surface area (Å²) < 4.78 is 17.9. The highest BCUT2D eigenvalue weighted by atomic mass is 16.7. The molecule has 1 heterocycles. The maximum Gasteiger partial charge on any atom is 0.481 e. The molecule has 1 aliphatic heterocycles. The molecule has 244 valence electrons. The standard InChI is InChI=1S/C31H56BN5O6/c1-20(2)17-25(32-42-24-19-21-18-23(30(21,3)4)31(24,5)43-32)37-28(40)22(13-12-16-35-29(33)34-6)36-26(38)14-10-8-9-11-15-27(39)41-7/h20-25H,8-19H2,1-7H3,(H,36,38)(H,37,40)(H3,33,34,35)/t21-,22-,23-,24+,25-,31-/m0/s1. The lowest BCUT2D eigenvalue weighted by atomic mass is 9.43. The van der Waals surface area contributed by atoms with Gasteiger partial charge in [0.05, 0.1) is 24.8 Å². The Balaban J connectivity index is 1.60. The minimum absolute atomic E-state index is 0.0255. The van der Waals surface area contributed by atoms with E-state index >= 15 is 0 Å². The highest BCUT2D eigenvalue weighted by Crippen LogP contribution is 2.65. The van der Waals surface area contributed by atoms with Crippen molar-refractivity contribution in [2.24, 2.45) is 23.2 Å². The third-order valence-electron chi connectivity index (χ3n) is 9.99. The molecule has 12 heteroatoms. The van der Waals surface area contributed by atoms with Crippen LogP contribution >= 0.6 is 0 Å². The molecule has 0 aromatic heterocycles. The molecule has 5 N–H and O–H groups in total. The maximum absolute atomic E-state index is 13.7. The Hall–Kier alpha value is -2.34. The van der Waals surface area contributed by atoms with Crippen LogP contribution in [0.3, 0.4) is 0 Å². The van der Waals surface area contributed by atoms with Crippen LogP contribution in [0.4, 0.5) is 0 Å². The third kappa shape index (κ3) is 9.09. The highest BCUT2D eigenvalue weighted by Gasteiger charge is 2.68. The van der Waals surface area contributed by atoms with Gasteiger partial charge in [-0.05, 0) is 75.0 Å². The average molecular weight is 606 g/mol. The normalized spacial score (nSPS) is 26.5. The fourth-order valence-corrected chi connectivity index (χ4v) is 7.25. The van der Waals surface area contributed by atoms with Gasteiger partial charge in [0.2, 0.25) is 11.8 Å². The number of hydrogen-bond donors (Lipinski definition) is 5. The summed E-state index contributed by atoms with van der Waals surface area (Å²) in [6.45, 7) is 11.6. The number of ether oxygens (including phenoxy) is 1. The second-order valence-corrected chi connectivity index (χ2v) is 13.9. The Labute approximate surface area is 258 Å². The van der Waals surface area contributed by atoms with Crippen molar-refractivity contribution in [2.45, 2.75) is 129 Å². The van der Waals surface area contributed by atoms with E-state index in [1.807, 2.05) is 0 Å². The summed E-state index contributed by atoms with van der Waals surface area (Å²) in [7, 11) is 2.52. The van der Waals surface area contributed by atoms with Crippen molar-refractivity contribution in [3.8, 4) is 0 Å². The summed E-state index contributed by atoms with van der Waals surface area (Å²) in [4.78, 5) is 37.9. The van der Waals surface area contributed by atoms with Crippen molar-refractivity contribution < 1.29 is 28.4 Å². The van der Waals surface area contributed by atoms with Gasteiger partial charge in [-0.25, -0.2) is 0 Å². The van der Waals surface area contributed by atoms with Crippen molar-refractivity contribution >= 4 is 30.9 Å². The van der Waals surface area contributed by atoms with E-state index < -0.39 is 13.2 Å². The minimum atomic E-state index is -0.710. The van der Waals surface area contributed by atoms with Crippen molar-refractivity contribution in [2.75, 3.05) is 20.7 Å². The number of rotatable bonds is 17. The van der Waals surface area contributed by atoms with E-state index in [1.165, 1.54) is 7.11 Å². The van der Waals surface area contributed by atoms with E-state index in [2.05, 4.69) is 60.6 Å². The van der Waals surface area contributed by atoms with Gasteiger partial charge in [0.15, 0.2) is 5.96 Å². The van der Waals surface area contributed by atoms with Crippen LogP contribution in [-0.4, -0.2) is 75.3 Å². The van der Waals surface area contributed by atoms with Crippen molar-refractivity contribution in [3.05, 3.63) is 0 Å². The topological polar surface area (TPSA) is 151 Å². The number of methoxy groups -OCH3 is 1. The van der Waals surface area contributed by atoms with Gasteiger partial charge in [-0.1, -0.05) is 40.5 Å². The Bertz CT molecular complexity index is 980. The predicted molar refractivity (Wildman–Crippen MR) is 167 cm³/mol. The first-order valence-corrected chi connectivity index (χ1v) is 16.3. The van der Waals surface area contributed by atoms with Crippen LogP contribution in [-0.2, 0) is 28.4 Å². The lowest BCUT2D eigenvalue weighted by Gasteiger charge is -2.64. The molecule has 0 aromatic carbocycles. The number of amides is 2. The van der Waals surface area contributed by atoms with E-state index in [4.69, 9.17) is 14.7 Å². The van der Waals surface area contributed by atoms with Crippen LogP contribution in [0.15, 0.2) is 0 Å². The van der Waals surface area contributed by atoms with Crippen LogP contribution in [0.1, 0.15) is 105 Å². The molecule has 11 nitrogen and oxygen atoms in total. The lowest BCUT2D eigenvalue weighted by molar-refractivity contribution is -0.199. The Kier molecular flexibility index (Phi) is 12.7. The van der Waals surface area contributed by atoms with E-state index in [-0.39, 0.29) is 46.8 Å². The summed E-state index contributed by atoms with van der Waals surface area (Å²) in [5, 5.41) is 19.6. The number of carbonyl (C=O) groups excluding carboxylic acids is 3. The summed E-state index contributed by atoms with van der Waals surface area (Å²) in [6, 6.07) is -0.710. The van der Waals surface area contributed by atoms with Crippen LogP contribution < -0.4 is 21.3 Å². The Morgan fingerprint density at radius 2 is 1.72 bits per heavy atom. The van der Waals surface area contributed by atoms with Crippen LogP contribution in [0, 0.1) is 28.6 Å². The molecule has 4 fully saturated rings. The monoisotopic (exact) mass is 605 g/mol. The zero-order valence-electron chi connectivity index (χ0n) is 27.5. The molecule has 3 aliphatic carbocycles. The van der Waals surface area contributed by atoms with Crippen LogP contribution in [0.25, 0.3) is 0 Å². The molecule has 1 saturated heterocycles. The van der Waals surface area contributed by atoms with Crippen LogP contribution in [0.5, 0.6) is 0 Å². The number of hydrogen-bond acceptors (Lipinski definition) is 7. The van der Waals surface area contributed by atoms with Gasteiger partial charge in [0.25, 0.3) is 0 Å². The SMILES string of the molecule is CNC(=N)NCCC[C@H](NC(=O)CCCCCCC(=O)OC)C(=O)N[C@@H](CC(C)C)B1O[C@@H]2C[C@@H]3C[C@@H](C3(C)C)[C@]2(C)O1. The average Bonchev–Trinajstić information content (AvgIpc) is 3.32. The van der Waals surface area contributed by atoms with E-state index in [1.54, 1.807) is 7.05 Å².